The van der Waals surface area contributed by atoms with E-state index in [-0.39, 0.29) is 5.88 Å². The van der Waals surface area contributed by atoms with Gasteiger partial charge in [-0.3, -0.25) is 0 Å². The van der Waals surface area contributed by atoms with Gasteiger partial charge in [0, 0.05) is 0 Å². The normalized spacial score (nSPS) is 17.5. The number of rotatable bonds is 4. The predicted octanol–water partition coefficient (Wildman–Crippen LogP) is 3.25. The van der Waals surface area contributed by atoms with Gasteiger partial charge in [0.2, 0.25) is 5.88 Å². The Morgan fingerprint density at radius 1 is 1.23 bits per heavy atom. The quantitative estimate of drug-likeness (QED) is 0.111. The van der Waals surface area contributed by atoms with Crippen LogP contribution >= 0.6 is 7.81 Å². The molecule has 14 heteroatoms. The number of nitrogens with zero attached hydrogens (tertiary/aromatic N) is 3. The molecule has 1 rings (SSSR count). The molecule has 0 unspecified atom stereocenters. The van der Waals surface area contributed by atoms with Gasteiger partial charge < -0.3 is 14.3 Å². The fraction of sp³-hybridized carbons (Fsp3) is 0.667. The number of hydroxylamine groups is 1. The van der Waals surface area contributed by atoms with Gasteiger partial charge in [-0.1, -0.05) is 0 Å². The summed E-state index contributed by atoms with van der Waals surface area (Å²) >= 11 is 0. The molecule has 26 heavy (non-hydrogen) atoms. The molecule has 1 saturated heterocycles. The third-order valence-electron chi connectivity index (χ3n) is 2.40. The Bertz CT molecular complexity index is 552. The summed E-state index contributed by atoms with van der Waals surface area (Å²) in [6, 6.07) is 2.56. The number of allylic oxidation sites excluding steroid dienone is 1. The van der Waals surface area contributed by atoms with E-state index in [9.17, 15) is 25.2 Å². The second-order valence-electron chi connectivity index (χ2n) is 5.01. The molecule has 1 fully saturated rings. The molecule has 0 radical (unpaired) electrons. The van der Waals surface area contributed by atoms with Crippen LogP contribution in [0.15, 0.2) is 12.0 Å². The first-order chi connectivity index (χ1) is 11.6. The number of morpholine rings is 1. The average molecular weight is 414 g/mol. The van der Waals surface area contributed by atoms with Gasteiger partial charge in [-0.15, -0.1) is 0 Å². The van der Waals surface area contributed by atoms with Gasteiger partial charge in [-0.2, -0.15) is 10.7 Å². The van der Waals surface area contributed by atoms with Crippen molar-refractivity contribution in [3.05, 3.63) is 12.0 Å². The Balaban J connectivity index is 0.000000758. The first kappa shape index (κ1) is 24.1. The van der Waals surface area contributed by atoms with Crippen molar-refractivity contribution in [1.82, 2.24) is 10.4 Å². The van der Waals surface area contributed by atoms with E-state index in [1.165, 1.54) is 6.08 Å². The Kier molecular flexibility index (Phi) is 8.00. The molecule has 0 atom stereocenters. The van der Waals surface area contributed by atoms with E-state index < -0.39 is 7.81 Å². The monoisotopic (exact) mass is 414 g/mol. The first-order valence-corrected chi connectivity index (χ1v) is 9.25. The number of nitriles is 1. The van der Waals surface area contributed by atoms with Crippen molar-refractivity contribution in [1.29, 1.82) is 5.26 Å². The summed E-state index contributed by atoms with van der Waals surface area (Å²) in [6.07, 6.45) is 1.26. The molecule has 0 saturated carbocycles. The summed E-state index contributed by atoms with van der Waals surface area (Å²) in [5.74, 6) is 0.289. The van der Waals surface area contributed by atoms with E-state index >= 15 is 0 Å². The summed E-state index contributed by atoms with van der Waals surface area (Å²) in [4.78, 5) is 7.59. The van der Waals surface area contributed by atoms with Crippen LogP contribution in [0.3, 0.4) is 0 Å². The van der Waals surface area contributed by atoms with Gasteiger partial charge >= 0.3 is 39.0 Å². The van der Waals surface area contributed by atoms with E-state index in [0.717, 1.165) is 13.1 Å². The Hall–Kier alpha value is -1.93. The zero-order chi connectivity index (χ0) is 20.5. The van der Waals surface area contributed by atoms with Crippen LogP contribution in [-0.2, 0) is 14.3 Å². The zero-order valence-electron chi connectivity index (χ0n) is 14.4. The summed E-state index contributed by atoms with van der Waals surface area (Å²) < 4.78 is 71.6. The standard InChI is InChI=1S/C12H21N4O3.F6P/c1-4-18-11(5-6-13)14-19-12(15(2)3)16-7-9-17-10-8-16;1-7(2,3,4,5)6/h5,14H,4,7-10H2,1-3H3;/q+1;-1. The second-order valence-corrected chi connectivity index (χ2v) is 6.93. The van der Waals surface area contributed by atoms with Gasteiger partial charge in [0.05, 0.1) is 46.1 Å². The molecular weight excluding hydrogens is 393 g/mol. The van der Waals surface area contributed by atoms with Gasteiger partial charge in [-0.25, -0.2) is 9.48 Å². The molecule has 1 N–H and O–H groups in total. The molecule has 0 aromatic heterocycles. The maximum atomic E-state index is 9.87. The Labute approximate surface area is 146 Å². The van der Waals surface area contributed by atoms with Crippen molar-refractivity contribution in [2.24, 2.45) is 0 Å². The maximum absolute atomic E-state index is 10.7. The fourth-order valence-corrected chi connectivity index (χ4v) is 1.60. The van der Waals surface area contributed by atoms with Crippen LogP contribution in [0.4, 0.5) is 25.2 Å². The number of amidine groups is 1. The second kappa shape index (κ2) is 8.64. The number of ether oxygens (including phenoxy) is 2. The van der Waals surface area contributed by atoms with Crippen LogP contribution in [0.25, 0.3) is 0 Å². The number of hydrogen-bond donors (Lipinski definition) is 1. The minimum absolute atomic E-state index is 0.289. The van der Waals surface area contributed by atoms with Crippen LogP contribution in [-0.4, -0.2) is 62.5 Å². The van der Waals surface area contributed by atoms with E-state index in [0.29, 0.717) is 25.8 Å². The molecule has 0 aromatic rings. The Morgan fingerprint density at radius 2 is 1.73 bits per heavy atom. The molecule has 1 aliphatic rings. The van der Waals surface area contributed by atoms with Gasteiger partial charge in [0.15, 0.2) is 0 Å². The summed E-state index contributed by atoms with van der Waals surface area (Å²) in [7, 11) is -6.88. The van der Waals surface area contributed by atoms with Gasteiger partial charge in [0.25, 0.3) is 0 Å². The van der Waals surface area contributed by atoms with E-state index in [1.807, 2.05) is 31.7 Å². The Morgan fingerprint density at radius 3 is 2.12 bits per heavy atom. The SMILES string of the molecule is CCOC(=CC#N)NOC(N1CCOCC1)=[N+](C)C.F[P-](F)(F)(F)(F)F. The van der Waals surface area contributed by atoms with Gasteiger partial charge in [-0.05, 0) is 6.92 Å². The van der Waals surface area contributed by atoms with Gasteiger partial charge in [0.1, 0.15) is 13.1 Å². The molecule has 0 aliphatic carbocycles. The molecule has 0 amide bonds. The molecule has 0 bridgehead atoms. The summed E-state index contributed by atoms with van der Waals surface area (Å²) in [5, 5.41) is 8.64. The number of nitrogens with one attached hydrogen (secondary N) is 1. The van der Waals surface area contributed by atoms with Crippen molar-refractivity contribution in [3.63, 3.8) is 0 Å². The van der Waals surface area contributed by atoms with Crippen LogP contribution in [0.1, 0.15) is 6.92 Å². The average Bonchev–Trinajstić information content (AvgIpc) is 2.45. The van der Waals surface area contributed by atoms with E-state index in [1.54, 1.807) is 0 Å². The minimum atomic E-state index is -10.7. The summed E-state index contributed by atoms with van der Waals surface area (Å²) in [6.45, 7) is 5.17. The van der Waals surface area contributed by atoms with Crippen LogP contribution in [0.5, 0.6) is 0 Å². The molecule has 0 aromatic carbocycles. The molecule has 0 spiro atoms. The first-order valence-electron chi connectivity index (χ1n) is 7.22. The molecule has 1 heterocycles. The van der Waals surface area contributed by atoms with Crippen molar-refractivity contribution >= 4 is 13.8 Å². The van der Waals surface area contributed by atoms with Crippen LogP contribution < -0.4 is 5.48 Å². The topological polar surface area (TPSA) is 69.8 Å². The molecule has 1 aliphatic heterocycles. The van der Waals surface area contributed by atoms with Crippen molar-refractivity contribution in [3.8, 4) is 6.07 Å². The van der Waals surface area contributed by atoms with Crippen molar-refractivity contribution in [2.75, 3.05) is 47.0 Å². The zero-order valence-corrected chi connectivity index (χ0v) is 15.3. The predicted molar refractivity (Wildman–Crippen MR) is 82.6 cm³/mol. The van der Waals surface area contributed by atoms with Crippen LogP contribution in [0, 0.1) is 11.3 Å². The van der Waals surface area contributed by atoms with E-state index in [4.69, 9.17) is 19.6 Å². The fourth-order valence-electron chi connectivity index (χ4n) is 1.60. The third kappa shape index (κ3) is 15.6. The molecule has 7 nitrogen and oxygen atoms in total. The van der Waals surface area contributed by atoms with E-state index in [2.05, 4.69) is 10.4 Å². The summed E-state index contributed by atoms with van der Waals surface area (Å²) in [5.41, 5.74) is 2.66. The van der Waals surface area contributed by atoms with Crippen molar-refractivity contribution < 1.29 is 44.1 Å². The third-order valence-corrected chi connectivity index (χ3v) is 2.40. The number of halogens is 6. The molecule has 154 valence electrons. The van der Waals surface area contributed by atoms with Crippen molar-refractivity contribution in [2.45, 2.75) is 6.92 Å². The number of hydrogen-bond acceptors (Lipinski definition) is 5. The molecular formula is C12H21F6N4O3P. The van der Waals surface area contributed by atoms with Crippen LogP contribution in [0.2, 0.25) is 0 Å².